The van der Waals surface area contributed by atoms with Crippen molar-refractivity contribution in [3.8, 4) is 0 Å². The molecule has 1 amide bonds. The minimum atomic E-state index is -1.09. The molecule has 0 saturated heterocycles. The summed E-state index contributed by atoms with van der Waals surface area (Å²) in [6, 6.07) is 9.45. The quantitative estimate of drug-likeness (QED) is 0.131. The summed E-state index contributed by atoms with van der Waals surface area (Å²) < 4.78 is 27.7. The molecule has 204 valence electrons. The van der Waals surface area contributed by atoms with Crippen LogP contribution in [0, 0.1) is 11.2 Å². The van der Waals surface area contributed by atoms with Crippen molar-refractivity contribution in [2.45, 2.75) is 46.2 Å². The lowest BCUT2D eigenvalue weighted by Crippen LogP contribution is -2.42. The van der Waals surface area contributed by atoms with Crippen LogP contribution < -0.4 is 21.1 Å². The molecule has 2 atom stereocenters. The number of hydrogen-bond acceptors (Lipinski definition) is 9. The molecule has 0 radical (unpaired) electrons. The number of oxazole rings is 1. The number of esters is 1. The van der Waals surface area contributed by atoms with Crippen molar-refractivity contribution in [1.82, 2.24) is 9.71 Å². The van der Waals surface area contributed by atoms with E-state index >= 15 is 0 Å². The van der Waals surface area contributed by atoms with E-state index in [0.717, 1.165) is 11.9 Å². The van der Waals surface area contributed by atoms with E-state index in [2.05, 4.69) is 20.3 Å². The minimum Gasteiger partial charge on any atom is -0.463 e. The van der Waals surface area contributed by atoms with Crippen LogP contribution in [0.1, 0.15) is 51.8 Å². The van der Waals surface area contributed by atoms with E-state index < -0.39 is 28.0 Å². The molecule has 3 rings (SSSR count). The predicted octanol–water partition coefficient (Wildman–Crippen LogP) is 6.50. The fourth-order valence-corrected chi connectivity index (χ4v) is 4.20. The van der Waals surface area contributed by atoms with Crippen LogP contribution >= 0.6 is 23.5 Å². The third-order valence-electron chi connectivity index (χ3n) is 5.62. The van der Waals surface area contributed by atoms with Gasteiger partial charge in [0.2, 0.25) is 0 Å². The molecule has 0 aliphatic heterocycles. The van der Waals surface area contributed by atoms with Crippen LogP contribution in [0.4, 0.5) is 26.6 Å². The Hall–Kier alpha value is -3.28. The first-order chi connectivity index (χ1) is 17.8. The van der Waals surface area contributed by atoms with Gasteiger partial charge in [-0.05, 0) is 63.9 Å². The molecule has 0 saturated carbocycles. The van der Waals surface area contributed by atoms with Crippen LogP contribution in [0.3, 0.4) is 0 Å². The van der Waals surface area contributed by atoms with Gasteiger partial charge in [0.1, 0.15) is 18.7 Å². The van der Waals surface area contributed by atoms with Gasteiger partial charge in [-0.25, -0.2) is 14.1 Å². The number of nitrogens with zero attached hydrogens (tertiary/aromatic N) is 1. The molecule has 5 N–H and O–H groups in total. The van der Waals surface area contributed by atoms with Gasteiger partial charge in [0, 0.05) is 11.9 Å². The number of carbonyl (C=O) groups is 2. The van der Waals surface area contributed by atoms with Gasteiger partial charge >= 0.3 is 5.97 Å². The number of nitrogens with one attached hydrogen (secondary N) is 3. The standard InChI is InChI=1S/C26H31ClFN5O4S/c1-15(31-23-30-11-12-36-23)17-7-6-8-20(29)21(17)32-24(35)38-33-26(5,14-37-22(34)25(2,3)4)16-9-10-19(28)18(27)13-16/h6-13,15,33H,14,29H2,1-5H3,(H,30,31)(H,32,35). The molecule has 3 aromatic rings. The number of ether oxygens (including phenoxy) is 1. The SMILES string of the molecule is CC(Nc1ncco1)c1cccc(N)c1NC(=O)SNC(C)(COC(=O)C(C)(C)C)c1ccc(F)c(Cl)c1. The van der Waals surface area contributed by atoms with Crippen LogP contribution in [0.2, 0.25) is 5.02 Å². The lowest BCUT2D eigenvalue weighted by molar-refractivity contribution is -0.155. The van der Waals surface area contributed by atoms with E-state index in [1.807, 2.05) is 13.0 Å². The normalized spacial score (nSPS) is 13.9. The Bertz CT molecular complexity index is 1290. The summed E-state index contributed by atoms with van der Waals surface area (Å²) in [6.45, 7) is 8.65. The number of nitrogens with two attached hydrogens (primary N) is 1. The maximum absolute atomic E-state index is 13.8. The summed E-state index contributed by atoms with van der Waals surface area (Å²) in [7, 11) is 0. The molecule has 0 aliphatic rings. The van der Waals surface area contributed by atoms with E-state index in [9.17, 15) is 14.0 Å². The third kappa shape index (κ3) is 7.40. The van der Waals surface area contributed by atoms with Gasteiger partial charge in [0.15, 0.2) is 0 Å². The van der Waals surface area contributed by atoms with Crippen molar-refractivity contribution >= 4 is 52.1 Å². The fraction of sp³-hybridized carbons (Fsp3) is 0.346. The number of nitrogen functional groups attached to an aromatic ring is 1. The van der Waals surface area contributed by atoms with Gasteiger partial charge in [-0.2, -0.15) is 0 Å². The highest BCUT2D eigenvalue weighted by Gasteiger charge is 2.33. The first kappa shape index (κ1) is 29.3. The van der Waals surface area contributed by atoms with Gasteiger partial charge < -0.3 is 25.5 Å². The first-order valence-electron chi connectivity index (χ1n) is 11.7. The van der Waals surface area contributed by atoms with Crippen molar-refractivity contribution in [2.75, 3.05) is 23.0 Å². The molecule has 2 unspecified atom stereocenters. The van der Waals surface area contributed by atoms with Crippen molar-refractivity contribution < 1.29 is 23.1 Å². The smallest absolute Gasteiger partial charge is 0.311 e. The number of aromatic nitrogens is 1. The Balaban J connectivity index is 1.78. The lowest BCUT2D eigenvalue weighted by atomic mass is 9.93. The second kappa shape index (κ2) is 12.1. The van der Waals surface area contributed by atoms with E-state index in [1.54, 1.807) is 39.8 Å². The van der Waals surface area contributed by atoms with Gasteiger partial charge in [-0.15, -0.1) is 0 Å². The van der Waals surface area contributed by atoms with E-state index in [1.165, 1.54) is 30.7 Å². The predicted molar refractivity (Wildman–Crippen MR) is 148 cm³/mol. The van der Waals surface area contributed by atoms with Crippen molar-refractivity contribution in [2.24, 2.45) is 5.41 Å². The molecule has 0 fully saturated rings. The molecular weight excluding hydrogens is 533 g/mol. The van der Waals surface area contributed by atoms with Gasteiger partial charge in [-0.1, -0.05) is 29.8 Å². The average Bonchev–Trinajstić information content (AvgIpc) is 3.36. The van der Waals surface area contributed by atoms with Gasteiger partial charge in [0.05, 0.1) is 39.6 Å². The number of amides is 1. The Morgan fingerprint density at radius 3 is 2.61 bits per heavy atom. The summed E-state index contributed by atoms with van der Waals surface area (Å²) in [5.74, 6) is -1.02. The Labute approximate surface area is 230 Å². The number of para-hydroxylation sites is 1. The number of halogens is 2. The summed E-state index contributed by atoms with van der Waals surface area (Å²) in [4.78, 5) is 29.5. The molecule has 1 aromatic heterocycles. The van der Waals surface area contributed by atoms with Crippen LogP contribution in [-0.2, 0) is 15.1 Å². The molecule has 0 spiro atoms. The summed E-state index contributed by atoms with van der Waals surface area (Å²) in [6.07, 6.45) is 2.97. The molecule has 0 bridgehead atoms. The van der Waals surface area contributed by atoms with Crippen LogP contribution in [0.15, 0.2) is 53.3 Å². The number of hydrogen-bond donors (Lipinski definition) is 4. The monoisotopic (exact) mass is 563 g/mol. The zero-order valence-electron chi connectivity index (χ0n) is 21.7. The molecular formula is C26H31ClFN5O4S. The average molecular weight is 564 g/mol. The lowest BCUT2D eigenvalue weighted by Gasteiger charge is -2.31. The summed E-state index contributed by atoms with van der Waals surface area (Å²) >= 11 is 6.75. The fourth-order valence-electron chi connectivity index (χ4n) is 3.38. The molecule has 1 heterocycles. The highest BCUT2D eigenvalue weighted by Crippen LogP contribution is 2.33. The van der Waals surface area contributed by atoms with Crippen LogP contribution in [0.25, 0.3) is 0 Å². The van der Waals surface area contributed by atoms with Crippen LogP contribution in [-0.4, -0.2) is 22.8 Å². The van der Waals surface area contributed by atoms with Crippen molar-refractivity contribution in [1.29, 1.82) is 0 Å². The maximum atomic E-state index is 13.8. The van der Waals surface area contributed by atoms with E-state index in [4.69, 9.17) is 26.5 Å². The topological polar surface area (TPSA) is 132 Å². The highest BCUT2D eigenvalue weighted by molar-refractivity contribution is 8.12. The highest BCUT2D eigenvalue weighted by atomic mass is 35.5. The molecule has 2 aromatic carbocycles. The minimum absolute atomic E-state index is 0.0960. The van der Waals surface area contributed by atoms with Gasteiger partial charge in [-0.3, -0.25) is 9.59 Å². The molecule has 9 nitrogen and oxygen atoms in total. The van der Waals surface area contributed by atoms with Crippen LogP contribution in [0.5, 0.6) is 0 Å². The third-order valence-corrected chi connectivity index (χ3v) is 6.75. The molecule has 12 heteroatoms. The number of rotatable bonds is 9. The molecule has 38 heavy (non-hydrogen) atoms. The van der Waals surface area contributed by atoms with E-state index in [0.29, 0.717) is 28.5 Å². The number of benzene rings is 2. The zero-order chi connectivity index (χ0) is 28.1. The van der Waals surface area contributed by atoms with Crippen molar-refractivity contribution in [3.05, 3.63) is 70.8 Å². The van der Waals surface area contributed by atoms with E-state index in [-0.39, 0.29) is 17.7 Å². The maximum Gasteiger partial charge on any atom is 0.311 e. The number of anilines is 3. The Morgan fingerprint density at radius 2 is 1.97 bits per heavy atom. The number of carbonyl (C=O) groups excluding carboxylic acids is 2. The summed E-state index contributed by atoms with van der Waals surface area (Å²) in [5, 5.41) is 5.36. The second-order valence-electron chi connectivity index (χ2n) is 9.92. The largest absolute Gasteiger partial charge is 0.463 e. The van der Waals surface area contributed by atoms with Gasteiger partial charge in [0.25, 0.3) is 11.3 Å². The first-order valence-corrected chi connectivity index (χ1v) is 12.9. The zero-order valence-corrected chi connectivity index (χ0v) is 23.3. The van der Waals surface area contributed by atoms with Crippen molar-refractivity contribution in [3.63, 3.8) is 0 Å². The molecule has 0 aliphatic carbocycles. The second-order valence-corrected chi connectivity index (χ2v) is 11.1. The Morgan fingerprint density at radius 1 is 1.24 bits per heavy atom. The summed E-state index contributed by atoms with van der Waals surface area (Å²) in [5.41, 5.74) is 6.38. The Kier molecular flexibility index (Phi) is 9.29.